The van der Waals surface area contributed by atoms with Gasteiger partial charge in [0.1, 0.15) is 17.4 Å². The van der Waals surface area contributed by atoms with Crippen molar-refractivity contribution < 1.29 is 24.0 Å². The maximum absolute atomic E-state index is 11.7. The number of carboxylic acids is 1. The molecule has 18 heavy (non-hydrogen) atoms. The molecule has 0 aliphatic carbocycles. The lowest BCUT2D eigenvalue weighted by atomic mass is 10.1. The lowest BCUT2D eigenvalue weighted by molar-refractivity contribution is -0.139. The van der Waals surface area contributed by atoms with Crippen molar-refractivity contribution in [2.45, 2.75) is 25.8 Å². The third kappa shape index (κ3) is 3.58. The van der Waals surface area contributed by atoms with Crippen molar-refractivity contribution in [1.82, 2.24) is 10.5 Å². The van der Waals surface area contributed by atoms with Gasteiger partial charge < -0.3 is 20.7 Å². The number of aliphatic carboxylic acids is 1. The molecule has 0 aromatic carbocycles. The highest BCUT2D eigenvalue weighted by Gasteiger charge is 2.23. The maximum atomic E-state index is 11.7. The van der Waals surface area contributed by atoms with E-state index in [2.05, 4.69) is 10.5 Å². The molecule has 0 saturated carbocycles. The molecule has 1 aromatic rings. The molecule has 8 heteroatoms. The Kier molecular flexibility index (Phi) is 4.41. The zero-order valence-corrected chi connectivity index (χ0v) is 9.67. The van der Waals surface area contributed by atoms with E-state index < -0.39 is 23.8 Å². The number of aryl methyl sites for hydroxylation is 1. The molecule has 1 aromatic heterocycles. The van der Waals surface area contributed by atoms with Crippen molar-refractivity contribution in [2.75, 3.05) is 0 Å². The SMILES string of the molecule is Cc1oncc1C(=O)N[C@H](CCC(N)=O)C(=O)O. The van der Waals surface area contributed by atoms with Crippen LogP contribution in [0.25, 0.3) is 0 Å². The zero-order valence-electron chi connectivity index (χ0n) is 9.67. The second-order valence-electron chi connectivity index (χ2n) is 3.66. The van der Waals surface area contributed by atoms with Gasteiger partial charge in [-0.1, -0.05) is 5.16 Å². The average molecular weight is 255 g/mol. The summed E-state index contributed by atoms with van der Waals surface area (Å²) >= 11 is 0. The number of carbonyl (C=O) groups is 3. The number of hydrogen-bond acceptors (Lipinski definition) is 5. The van der Waals surface area contributed by atoms with Crippen molar-refractivity contribution in [1.29, 1.82) is 0 Å². The summed E-state index contributed by atoms with van der Waals surface area (Å²) in [5, 5.41) is 14.6. The van der Waals surface area contributed by atoms with Gasteiger partial charge in [0.2, 0.25) is 5.91 Å². The van der Waals surface area contributed by atoms with Crippen molar-refractivity contribution in [3.8, 4) is 0 Å². The molecule has 8 nitrogen and oxygen atoms in total. The van der Waals surface area contributed by atoms with Gasteiger partial charge in [-0.25, -0.2) is 4.79 Å². The molecule has 0 spiro atoms. The Hall–Kier alpha value is -2.38. The van der Waals surface area contributed by atoms with Crippen LogP contribution in [0.3, 0.4) is 0 Å². The molecule has 1 heterocycles. The summed E-state index contributed by atoms with van der Waals surface area (Å²) in [6, 6.07) is -1.18. The molecule has 0 aliphatic heterocycles. The number of nitrogens with one attached hydrogen (secondary N) is 1. The van der Waals surface area contributed by atoms with E-state index in [9.17, 15) is 14.4 Å². The van der Waals surface area contributed by atoms with E-state index in [-0.39, 0.29) is 24.2 Å². The number of nitrogens with two attached hydrogens (primary N) is 1. The summed E-state index contributed by atoms with van der Waals surface area (Å²) < 4.78 is 4.69. The van der Waals surface area contributed by atoms with Gasteiger partial charge in [0, 0.05) is 6.42 Å². The van der Waals surface area contributed by atoms with Crippen molar-refractivity contribution in [3.63, 3.8) is 0 Å². The topological polar surface area (TPSA) is 136 Å². The Morgan fingerprint density at radius 1 is 1.56 bits per heavy atom. The lowest BCUT2D eigenvalue weighted by Crippen LogP contribution is -2.41. The van der Waals surface area contributed by atoms with Crippen LogP contribution in [-0.2, 0) is 9.59 Å². The number of nitrogens with zero attached hydrogens (tertiary/aromatic N) is 1. The smallest absolute Gasteiger partial charge is 0.326 e. The highest BCUT2D eigenvalue weighted by atomic mass is 16.5. The van der Waals surface area contributed by atoms with Gasteiger partial charge in [0.15, 0.2) is 0 Å². The highest BCUT2D eigenvalue weighted by Crippen LogP contribution is 2.07. The average Bonchev–Trinajstić information content (AvgIpc) is 2.69. The fourth-order valence-electron chi connectivity index (χ4n) is 1.30. The minimum Gasteiger partial charge on any atom is -0.480 e. The Balaban J connectivity index is 2.67. The molecule has 2 amide bonds. The first-order chi connectivity index (χ1) is 8.41. The van der Waals surface area contributed by atoms with E-state index in [1.165, 1.54) is 13.1 Å². The molecule has 1 atom stereocenters. The van der Waals surface area contributed by atoms with Gasteiger partial charge in [-0.2, -0.15) is 0 Å². The first-order valence-electron chi connectivity index (χ1n) is 5.15. The number of hydrogen-bond donors (Lipinski definition) is 3. The molecule has 0 unspecified atom stereocenters. The van der Waals surface area contributed by atoms with Crippen LogP contribution in [0.5, 0.6) is 0 Å². The van der Waals surface area contributed by atoms with Crippen LogP contribution < -0.4 is 11.1 Å². The molecule has 0 radical (unpaired) electrons. The van der Waals surface area contributed by atoms with Crippen LogP contribution in [-0.4, -0.2) is 34.1 Å². The normalized spacial score (nSPS) is 11.8. The predicted octanol–water partition coefficient (Wildman–Crippen LogP) is -0.568. The van der Waals surface area contributed by atoms with Crippen molar-refractivity contribution in [2.24, 2.45) is 5.73 Å². The molecule has 1 rings (SSSR count). The number of aromatic nitrogens is 1. The fraction of sp³-hybridized carbons (Fsp3) is 0.400. The number of amides is 2. The third-order valence-corrected chi connectivity index (χ3v) is 2.28. The highest BCUT2D eigenvalue weighted by molar-refractivity contribution is 5.97. The van der Waals surface area contributed by atoms with Gasteiger partial charge in [-0.05, 0) is 13.3 Å². The Labute approximate surface area is 102 Å². The summed E-state index contributed by atoms with van der Waals surface area (Å²) in [6.45, 7) is 1.53. The van der Waals surface area contributed by atoms with Gasteiger partial charge in [-0.3, -0.25) is 9.59 Å². The lowest BCUT2D eigenvalue weighted by Gasteiger charge is -2.12. The second-order valence-corrected chi connectivity index (χ2v) is 3.66. The van der Waals surface area contributed by atoms with Crippen LogP contribution in [0.2, 0.25) is 0 Å². The van der Waals surface area contributed by atoms with E-state index in [4.69, 9.17) is 15.4 Å². The van der Waals surface area contributed by atoms with E-state index in [1.807, 2.05) is 0 Å². The van der Waals surface area contributed by atoms with Crippen LogP contribution in [0.1, 0.15) is 29.0 Å². The van der Waals surface area contributed by atoms with E-state index >= 15 is 0 Å². The number of carboxylic acid groups (broad SMARTS) is 1. The van der Waals surface area contributed by atoms with Crippen LogP contribution in [0, 0.1) is 6.92 Å². The summed E-state index contributed by atoms with van der Waals surface area (Å²) in [7, 11) is 0. The monoisotopic (exact) mass is 255 g/mol. The van der Waals surface area contributed by atoms with E-state index in [0.717, 1.165) is 0 Å². The van der Waals surface area contributed by atoms with Gasteiger partial charge >= 0.3 is 5.97 Å². The minimum atomic E-state index is -1.24. The largest absolute Gasteiger partial charge is 0.480 e. The van der Waals surface area contributed by atoms with Crippen LogP contribution >= 0.6 is 0 Å². The fourth-order valence-corrected chi connectivity index (χ4v) is 1.30. The Morgan fingerprint density at radius 3 is 2.67 bits per heavy atom. The molecule has 4 N–H and O–H groups in total. The van der Waals surface area contributed by atoms with E-state index in [0.29, 0.717) is 0 Å². The zero-order chi connectivity index (χ0) is 13.7. The van der Waals surface area contributed by atoms with Crippen molar-refractivity contribution in [3.05, 3.63) is 17.5 Å². The van der Waals surface area contributed by atoms with Crippen LogP contribution in [0.4, 0.5) is 0 Å². The molecular weight excluding hydrogens is 242 g/mol. The Morgan fingerprint density at radius 2 is 2.22 bits per heavy atom. The minimum absolute atomic E-state index is 0.0687. The summed E-state index contributed by atoms with van der Waals surface area (Å²) in [4.78, 5) is 33.2. The number of carbonyl (C=O) groups excluding carboxylic acids is 2. The van der Waals surface area contributed by atoms with Gasteiger partial charge in [-0.15, -0.1) is 0 Å². The molecule has 0 fully saturated rings. The number of primary amides is 1. The predicted molar refractivity (Wildman–Crippen MR) is 58.6 cm³/mol. The van der Waals surface area contributed by atoms with E-state index in [1.54, 1.807) is 0 Å². The van der Waals surface area contributed by atoms with Crippen LogP contribution in [0.15, 0.2) is 10.7 Å². The van der Waals surface area contributed by atoms with Crippen molar-refractivity contribution >= 4 is 17.8 Å². The molecular formula is C10H13N3O5. The molecule has 0 saturated heterocycles. The summed E-state index contributed by atoms with van der Waals surface area (Å²) in [6.07, 6.45) is 0.998. The second kappa shape index (κ2) is 5.80. The summed E-state index contributed by atoms with van der Waals surface area (Å²) in [5.74, 6) is -2.20. The first-order valence-corrected chi connectivity index (χ1v) is 5.15. The number of rotatable bonds is 6. The quantitative estimate of drug-likeness (QED) is 0.622. The maximum Gasteiger partial charge on any atom is 0.326 e. The first kappa shape index (κ1) is 13.7. The summed E-state index contributed by atoms with van der Waals surface area (Å²) in [5.41, 5.74) is 5.07. The molecule has 0 bridgehead atoms. The molecule has 98 valence electrons. The van der Waals surface area contributed by atoms with Gasteiger partial charge in [0.05, 0.1) is 6.20 Å². The molecule has 0 aliphatic rings. The standard InChI is InChI=1S/C10H13N3O5/c1-5-6(4-12-18-5)9(15)13-7(10(16)17)2-3-8(11)14/h4,7H,2-3H2,1H3,(H2,11,14)(H,13,15)(H,16,17)/t7-/m1/s1. The third-order valence-electron chi connectivity index (χ3n) is 2.28. The van der Waals surface area contributed by atoms with Gasteiger partial charge in [0.25, 0.3) is 5.91 Å². The Bertz CT molecular complexity index is 468.